The van der Waals surface area contributed by atoms with Crippen molar-refractivity contribution in [3.8, 4) is 5.75 Å². The Morgan fingerprint density at radius 2 is 2.12 bits per heavy atom. The number of benzene rings is 1. The van der Waals surface area contributed by atoms with E-state index >= 15 is 0 Å². The molecule has 1 aliphatic rings. The average molecular weight is 244 g/mol. The Balaban J connectivity index is 2.59. The molecule has 0 bridgehead atoms. The van der Waals surface area contributed by atoms with Crippen molar-refractivity contribution in [2.45, 2.75) is 31.2 Å². The molecular formula is C12H15ClFNO. The number of methoxy groups -OCH3 is 1. The van der Waals surface area contributed by atoms with Crippen LogP contribution in [0.2, 0.25) is 5.02 Å². The molecule has 1 atom stereocenters. The molecular weight excluding hydrogens is 229 g/mol. The van der Waals surface area contributed by atoms with Crippen LogP contribution < -0.4 is 10.5 Å². The molecule has 1 aliphatic carbocycles. The molecule has 1 saturated carbocycles. The maximum Gasteiger partial charge on any atom is 0.165 e. The topological polar surface area (TPSA) is 35.2 Å². The quantitative estimate of drug-likeness (QED) is 0.886. The molecule has 4 heteroatoms. The van der Waals surface area contributed by atoms with Gasteiger partial charge in [0.1, 0.15) is 0 Å². The maximum absolute atomic E-state index is 13.6. The van der Waals surface area contributed by atoms with Gasteiger partial charge in [-0.25, -0.2) is 4.39 Å². The highest BCUT2D eigenvalue weighted by Crippen LogP contribution is 2.55. The zero-order chi connectivity index (χ0) is 11.9. The first-order valence-electron chi connectivity index (χ1n) is 5.31. The summed E-state index contributed by atoms with van der Waals surface area (Å²) in [5, 5.41) is 0.535. The lowest BCUT2D eigenvalue weighted by Crippen LogP contribution is -2.32. The minimum atomic E-state index is -0.381. The van der Waals surface area contributed by atoms with Crippen molar-refractivity contribution in [3.63, 3.8) is 0 Å². The third kappa shape index (κ3) is 1.59. The van der Waals surface area contributed by atoms with Crippen molar-refractivity contribution in [2.24, 2.45) is 5.73 Å². The summed E-state index contributed by atoms with van der Waals surface area (Å²) in [6.07, 6.45) is 1.87. The molecule has 2 N–H and O–H groups in total. The van der Waals surface area contributed by atoms with E-state index in [1.165, 1.54) is 13.2 Å². The summed E-state index contributed by atoms with van der Waals surface area (Å²) in [6, 6.07) is 2.83. The molecule has 0 aromatic heterocycles. The van der Waals surface area contributed by atoms with Gasteiger partial charge in [-0.05, 0) is 31.9 Å². The Morgan fingerprint density at radius 1 is 1.50 bits per heavy atom. The lowest BCUT2D eigenvalue weighted by Gasteiger charge is -2.24. The van der Waals surface area contributed by atoms with Gasteiger partial charge in [-0.1, -0.05) is 11.6 Å². The number of halogens is 2. The zero-order valence-corrected chi connectivity index (χ0v) is 10.1. The van der Waals surface area contributed by atoms with Gasteiger partial charge in [-0.15, -0.1) is 0 Å². The van der Waals surface area contributed by atoms with Gasteiger partial charge in [0.15, 0.2) is 11.6 Å². The monoisotopic (exact) mass is 243 g/mol. The van der Waals surface area contributed by atoms with Crippen molar-refractivity contribution in [3.05, 3.63) is 28.5 Å². The first kappa shape index (κ1) is 11.7. The number of rotatable bonds is 3. The van der Waals surface area contributed by atoms with Crippen LogP contribution in [0.1, 0.15) is 25.3 Å². The minimum absolute atomic E-state index is 0.0549. The summed E-state index contributed by atoms with van der Waals surface area (Å²) in [6.45, 7) is 1.92. The Morgan fingerprint density at radius 3 is 2.56 bits per heavy atom. The van der Waals surface area contributed by atoms with Gasteiger partial charge in [0, 0.05) is 22.0 Å². The van der Waals surface area contributed by atoms with Crippen LogP contribution in [-0.4, -0.2) is 13.2 Å². The molecule has 0 amide bonds. The second kappa shape index (κ2) is 3.90. The largest absolute Gasteiger partial charge is 0.493 e. The molecule has 0 spiro atoms. The van der Waals surface area contributed by atoms with Crippen molar-refractivity contribution in [1.82, 2.24) is 0 Å². The maximum atomic E-state index is 13.6. The predicted molar refractivity (Wildman–Crippen MR) is 62.5 cm³/mol. The van der Waals surface area contributed by atoms with E-state index < -0.39 is 0 Å². The molecule has 0 radical (unpaired) electrons. The highest BCUT2D eigenvalue weighted by atomic mass is 35.5. The summed E-state index contributed by atoms with van der Waals surface area (Å²) in [5.74, 6) is -0.142. The van der Waals surface area contributed by atoms with Gasteiger partial charge in [0.25, 0.3) is 0 Å². The minimum Gasteiger partial charge on any atom is -0.493 e. The van der Waals surface area contributed by atoms with Crippen LogP contribution in [-0.2, 0) is 5.41 Å². The van der Waals surface area contributed by atoms with Crippen LogP contribution in [0.15, 0.2) is 12.1 Å². The molecule has 16 heavy (non-hydrogen) atoms. The van der Waals surface area contributed by atoms with E-state index in [9.17, 15) is 4.39 Å². The summed E-state index contributed by atoms with van der Waals surface area (Å²) in [4.78, 5) is 0. The lowest BCUT2D eigenvalue weighted by atomic mass is 9.88. The number of nitrogens with two attached hydrogens (primary N) is 1. The van der Waals surface area contributed by atoms with Gasteiger partial charge in [0.05, 0.1) is 7.11 Å². The van der Waals surface area contributed by atoms with E-state index in [1.54, 1.807) is 6.07 Å². The Bertz CT molecular complexity index is 416. The smallest absolute Gasteiger partial charge is 0.165 e. The van der Waals surface area contributed by atoms with Crippen LogP contribution in [0.25, 0.3) is 0 Å². The summed E-state index contributed by atoms with van der Waals surface area (Å²) < 4.78 is 18.7. The molecule has 0 heterocycles. The zero-order valence-electron chi connectivity index (χ0n) is 9.39. The normalized spacial score (nSPS) is 19.3. The van der Waals surface area contributed by atoms with Crippen molar-refractivity contribution < 1.29 is 9.13 Å². The first-order valence-corrected chi connectivity index (χ1v) is 5.69. The number of ether oxygens (including phenoxy) is 1. The standard InChI is InChI=1S/C12H15ClFNO/c1-7(15)12(5-6-12)10-8(13)3-4-9(14)11(10)16-2/h3-4,7H,5-6,15H2,1-2H3. The second-order valence-electron chi connectivity index (χ2n) is 4.38. The Kier molecular flexibility index (Phi) is 2.84. The number of hydrogen-bond donors (Lipinski definition) is 1. The van der Waals surface area contributed by atoms with Gasteiger partial charge in [-0.2, -0.15) is 0 Å². The molecule has 1 aromatic rings. The van der Waals surface area contributed by atoms with Crippen LogP contribution >= 0.6 is 11.6 Å². The third-order valence-corrected chi connectivity index (χ3v) is 3.74. The second-order valence-corrected chi connectivity index (χ2v) is 4.79. The van der Waals surface area contributed by atoms with Gasteiger partial charge in [-0.3, -0.25) is 0 Å². The highest BCUT2D eigenvalue weighted by molar-refractivity contribution is 6.31. The van der Waals surface area contributed by atoms with Crippen LogP contribution in [0.3, 0.4) is 0 Å². The summed E-state index contributed by atoms with van der Waals surface area (Å²) >= 11 is 6.15. The fourth-order valence-electron chi connectivity index (χ4n) is 2.26. The fourth-order valence-corrected chi connectivity index (χ4v) is 2.60. The summed E-state index contributed by atoms with van der Waals surface area (Å²) in [5.41, 5.74) is 6.50. The van der Waals surface area contributed by atoms with E-state index in [2.05, 4.69) is 0 Å². The van der Waals surface area contributed by atoms with E-state index in [1.807, 2.05) is 6.92 Å². The van der Waals surface area contributed by atoms with E-state index in [0.717, 1.165) is 18.4 Å². The van der Waals surface area contributed by atoms with E-state index in [-0.39, 0.29) is 23.0 Å². The van der Waals surface area contributed by atoms with Gasteiger partial charge < -0.3 is 10.5 Å². The van der Waals surface area contributed by atoms with E-state index in [4.69, 9.17) is 22.1 Å². The van der Waals surface area contributed by atoms with Crippen LogP contribution in [0.4, 0.5) is 4.39 Å². The van der Waals surface area contributed by atoms with Gasteiger partial charge in [0.2, 0.25) is 0 Å². The van der Waals surface area contributed by atoms with E-state index in [0.29, 0.717) is 5.02 Å². The molecule has 1 aromatic carbocycles. The lowest BCUT2D eigenvalue weighted by molar-refractivity contribution is 0.372. The first-order chi connectivity index (χ1) is 7.53. The molecule has 2 nitrogen and oxygen atoms in total. The average Bonchev–Trinajstić information content (AvgIpc) is 3.02. The molecule has 0 saturated heterocycles. The molecule has 1 fully saturated rings. The van der Waals surface area contributed by atoms with Crippen molar-refractivity contribution in [2.75, 3.05) is 7.11 Å². The predicted octanol–water partition coefficient (Wildman–Crippen LogP) is 2.87. The van der Waals surface area contributed by atoms with Crippen LogP contribution in [0.5, 0.6) is 5.75 Å². The van der Waals surface area contributed by atoms with Gasteiger partial charge >= 0.3 is 0 Å². The SMILES string of the molecule is COc1c(F)ccc(Cl)c1C1(C(C)N)CC1. The van der Waals surface area contributed by atoms with Crippen molar-refractivity contribution >= 4 is 11.6 Å². The molecule has 1 unspecified atom stereocenters. The molecule has 0 aliphatic heterocycles. The summed E-state index contributed by atoms with van der Waals surface area (Å²) in [7, 11) is 1.45. The Labute approximate surface area is 99.5 Å². The molecule has 2 rings (SSSR count). The Hall–Kier alpha value is -0.800. The molecule has 88 valence electrons. The fraction of sp³-hybridized carbons (Fsp3) is 0.500. The highest BCUT2D eigenvalue weighted by Gasteiger charge is 2.50. The van der Waals surface area contributed by atoms with Crippen molar-refractivity contribution in [1.29, 1.82) is 0 Å². The van der Waals surface area contributed by atoms with Crippen LogP contribution in [0, 0.1) is 5.82 Å². The number of hydrogen-bond acceptors (Lipinski definition) is 2. The third-order valence-electron chi connectivity index (χ3n) is 3.42.